The average molecular weight is 651 g/mol. The number of rotatable bonds is 4. The SMILES string of the molecule is Cc1c(-c2cc3cc(NC(=O)N[C@@H]4[C@@H]5COC[C@@H]54)ncc3c(NC(=O)OC(C)(C)C)c2F)cnc2c1N(C(=O)OC(C)(C)C)CCO2. The summed E-state index contributed by atoms with van der Waals surface area (Å²) in [7, 11) is 0. The summed E-state index contributed by atoms with van der Waals surface area (Å²) in [6, 6.07) is 2.81. The number of anilines is 3. The van der Waals surface area contributed by atoms with Crippen LogP contribution in [0.4, 0.5) is 36.0 Å². The van der Waals surface area contributed by atoms with Crippen molar-refractivity contribution in [2.24, 2.45) is 11.8 Å². The Morgan fingerprint density at radius 2 is 1.66 bits per heavy atom. The molecule has 3 aromatic rings. The van der Waals surface area contributed by atoms with Crippen LogP contribution < -0.4 is 25.6 Å². The number of amides is 4. The Morgan fingerprint density at radius 1 is 0.957 bits per heavy atom. The van der Waals surface area contributed by atoms with Gasteiger partial charge in [0.1, 0.15) is 29.3 Å². The Morgan fingerprint density at radius 3 is 2.34 bits per heavy atom. The van der Waals surface area contributed by atoms with Crippen molar-refractivity contribution < 1.29 is 37.7 Å². The second kappa shape index (κ2) is 11.8. The van der Waals surface area contributed by atoms with Crippen LogP contribution >= 0.6 is 0 Å². The maximum absolute atomic E-state index is 16.6. The van der Waals surface area contributed by atoms with E-state index < -0.39 is 35.2 Å². The zero-order chi connectivity index (χ0) is 33.8. The summed E-state index contributed by atoms with van der Waals surface area (Å²) in [5.74, 6) is 0.314. The Labute approximate surface area is 271 Å². The van der Waals surface area contributed by atoms with Gasteiger partial charge in [-0.2, -0.15) is 0 Å². The monoisotopic (exact) mass is 650 g/mol. The van der Waals surface area contributed by atoms with E-state index in [0.717, 1.165) is 0 Å². The third-order valence-electron chi connectivity index (χ3n) is 8.08. The van der Waals surface area contributed by atoms with E-state index >= 15 is 4.39 Å². The maximum atomic E-state index is 16.6. The lowest BCUT2D eigenvalue weighted by Crippen LogP contribution is -2.42. The molecule has 1 saturated carbocycles. The third kappa shape index (κ3) is 6.73. The zero-order valence-corrected chi connectivity index (χ0v) is 27.4. The highest BCUT2D eigenvalue weighted by Crippen LogP contribution is 2.45. The molecule has 13 nitrogen and oxygen atoms in total. The molecular weight excluding hydrogens is 611 g/mol. The summed E-state index contributed by atoms with van der Waals surface area (Å²) in [6.07, 6.45) is 1.39. The maximum Gasteiger partial charge on any atom is 0.415 e. The number of benzene rings is 1. The fourth-order valence-electron chi connectivity index (χ4n) is 5.93. The smallest absolute Gasteiger partial charge is 0.415 e. The fraction of sp³-hybridized carbons (Fsp3) is 0.485. The first-order valence-electron chi connectivity index (χ1n) is 15.5. The Balaban J connectivity index is 1.40. The first-order valence-corrected chi connectivity index (χ1v) is 15.5. The molecule has 1 aliphatic carbocycles. The Kier molecular flexibility index (Phi) is 8.10. The standard InChI is InChI=1S/C33H39FN6O7/c1-16-19(12-36-28-27(16)40(8-9-45-28)31(43)47-33(5,6)7)18-10-17-11-23(37-29(41)38-25-21-14-44-15-22(21)25)35-13-20(17)26(24(18)34)39-30(42)46-32(2,3)4/h10-13,21-22,25H,8-9,14-15H2,1-7H3,(H,39,42)(H2,35,37,38,41)/t21-,22+,25-. The van der Waals surface area contributed by atoms with Crippen molar-refractivity contribution in [1.29, 1.82) is 0 Å². The van der Waals surface area contributed by atoms with E-state index in [1.807, 2.05) is 0 Å². The molecule has 1 aromatic carbocycles. The zero-order valence-electron chi connectivity index (χ0n) is 27.4. The molecule has 3 N–H and O–H groups in total. The predicted octanol–water partition coefficient (Wildman–Crippen LogP) is 5.99. The van der Waals surface area contributed by atoms with Crippen LogP contribution in [0.5, 0.6) is 5.88 Å². The molecule has 4 heterocycles. The van der Waals surface area contributed by atoms with E-state index in [1.54, 1.807) is 60.6 Å². The van der Waals surface area contributed by atoms with Crippen LogP contribution in [-0.4, -0.2) is 71.8 Å². The summed E-state index contributed by atoms with van der Waals surface area (Å²) in [6.45, 7) is 13.8. The van der Waals surface area contributed by atoms with Gasteiger partial charge in [-0.25, -0.2) is 28.7 Å². The van der Waals surface area contributed by atoms with Gasteiger partial charge in [-0.05, 0) is 71.5 Å². The van der Waals surface area contributed by atoms with Gasteiger partial charge in [0.05, 0.1) is 25.4 Å². The summed E-state index contributed by atoms with van der Waals surface area (Å²) < 4.78 is 38.8. The van der Waals surface area contributed by atoms with Gasteiger partial charge in [-0.3, -0.25) is 15.5 Å². The number of aromatic nitrogens is 2. The topological polar surface area (TPSA) is 153 Å². The van der Waals surface area contributed by atoms with Crippen LogP contribution in [0.2, 0.25) is 0 Å². The molecule has 14 heteroatoms. The first-order chi connectivity index (χ1) is 22.1. The number of pyridine rings is 2. The lowest BCUT2D eigenvalue weighted by atomic mass is 9.96. The van der Waals surface area contributed by atoms with Crippen LogP contribution in [-0.2, 0) is 14.2 Å². The number of fused-ring (bicyclic) bond motifs is 3. The van der Waals surface area contributed by atoms with Crippen molar-refractivity contribution in [2.45, 2.75) is 65.7 Å². The fourth-order valence-corrected chi connectivity index (χ4v) is 5.93. The van der Waals surface area contributed by atoms with Gasteiger partial charge in [0.2, 0.25) is 5.88 Å². The van der Waals surface area contributed by atoms with Gasteiger partial charge in [-0.15, -0.1) is 0 Å². The minimum Gasteiger partial charge on any atom is -0.474 e. The molecular formula is C33H39FN6O7. The summed E-state index contributed by atoms with van der Waals surface area (Å²) in [5, 5.41) is 9.01. The van der Waals surface area contributed by atoms with Crippen molar-refractivity contribution in [3.05, 3.63) is 35.9 Å². The minimum atomic E-state index is -0.861. The number of nitrogens with zero attached hydrogens (tertiary/aromatic N) is 3. The molecule has 0 spiro atoms. The van der Waals surface area contributed by atoms with Crippen molar-refractivity contribution in [3.8, 4) is 17.0 Å². The third-order valence-corrected chi connectivity index (χ3v) is 8.08. The minimum absolute atomic E-state index is 0.0539. The van der Waals surface area contributed by atoms with Gasteiger partial charge < -0.3 is 24.3 Å². The summed E-state index contributed by atoms with van der Waals surface area (Å²) >= 11 is 0. The van der Waals surface area contributed by atoms with E-state index in [9.17, 15) is 14.4 Å². The molecule has 250 valence electrons. The van der Waals surface area contributed by atoms with E-state index in [0.29, 0.717) is 47.3 Å². The highest BCUT2D eigenvalue weighted by Gasteiger charge is 2.54. The van der Waals surface area contributed by atoms with E-state index in [2.05, 4.69) is 25.9 Å². The van der Waals surface area contributed by atoms with Crippen molar-refractivity contribution in [1.82, 2.24) is 15.3 Å². The van der Waals surface area contributed by atoms with E-state index in [4.69, 9.17) is 18.9 Å². The Hall–Kier alpha value is -4.72. The highest BCUT2D eigenvalue weighted by atomic mass is 19.1. The van der Waals surface area contributed by atoms with E-state index in [1.165, 1.54) is 17.3 Å². The van der Waals surface area contributed by atoms with Crippen LogP contribution in [0.15, 0.2) is 24.5 Å². The molecule has 0 radical (unpaired) electrons. The molecule has 6 rings (SSSR count). The molecule has 0 unspecified atom stereocenters. The number of hydrogen-bond acceptors (Lipinski definition) is 9. The van der Waals surface area contributed by atoms with Gasteiger partial charge in [-0.1, -0.05) is 0 Å². The number of urea groups is 1. The van der Waals surface area contributed by atoms with Crippen LogP contribution in [0, 0.1) is 24.6 Å². The molecule has 2 fully saturated rings. The Bertz CT molecular complexity index is 1760. The normalized spacial score (nSPS) is 20.1. The number of ether oxygens (including phenoxy) is 4. The summed E-state index contributed by atoms with van der Waals surface area (Å²) in [4.78, 5) is 49.0. The van der Waals surface area contributed by atoms with Gasteiger partial charge in [0, 0.05) is 46.8 Å². The quantitative estimate of drug-likeness (QED) is 0.309. The predicted molar refractivity (Wildman–Crippen MR) is 172 cm³/mol. The van der Waals surface area contributed by atoms with Crippen molar-refractivity contribution in [3.63, 3.8) is 0 Å². The molecule has 2 aromatic heterocycles. The lowest BCUT2D eigenvalue weighted by Gasteiger charge is -2.32. The number of carbonyl (C=O) groups is 3. The molecule has 3 aliphatic rings. The molecule has 1 saturated heterocycles. The highest BCUT2D eigenvalue weighted by molar-refractivity contribution is 6.05. The number of hydrogen-bond donors (Lipinski definition) is 3. The molecule has 2 aliphatic heterocycles. The van der Waals surface area contributed by atoms with Gasteiger partial charge in [0.15, 0.2) is 5.82 Å². The van der Waals surface area contributed by atoms with Crippen molar-refractivity contribution in [2.75, 3.05) is 41.9 Å². The lowest BCUT2D eigenvalue weighted by molar-refractivity contribution is 0.0564. The van der Waals surface area contributed by atoms with Crippen LogP contribution in [0.3, 0.4) is 0 Å². The largest absolute Gasteiger partial charge is 0.474 e. The average Bonchev–Trinajstić information content (AvgIpc) is 3.36. The molecule has 4 amide bonds. The number of halogens is 1. The van der Waals surface area contributed by atoms with E-state index in [-0.39, 0.29) is 47.5 Å². The second-order valence-electron chi connectivity index (χ2n) is 14.0. The molecule has 3 atom stereocenters. The molecule has 47 heavy (non-hydrogen) atoms. The second-order valence-corrected chi connectivity index (χ2v) is 14.0. The summed E-state index contributed by atoms with van der Waals surface area (Å²) in [5.41, 5.74) is -0.463. The van der Waals surface area contributed by atoms with Crippen LogP contribution in [0.25, 0.3) is 21.9 Å². The van der Waals surface area contributed by atoms with Gasteiger partial charge >= 0.3 is 18.2 Å². The number of carbonyl (C=O) groups excluding carboxylic acids is 3. The number of nitrogens with one attached hydrogen (secondary N) is 3. The molecule has 0 bridgehead atoms. The first kappa shape index (κ1) is 32.2. The van der Waals surface area contributed by atoms with Gasteiger partial charge in [0.25, 0.3) is 0 Å². The van der Waals surface area contributed by atoms with Crippen LogP contribution in [0.1, 0.15) is 47.1 Å². The van der Waals surface area contributed by atoms with Crippen molar-refractivity contribution >= 4 is 46.2 Å².